The lowest BCUT2D eigenvalue weighted by atomic mass is 9.90. The first kappa shape index (κ1) is 30.0. The lowest BCUT2D eigenvalue weighted by Gasteiger charge is -2.35. The maximum atomic E-state index is 14.5. The Bertz CT molecular complexity index is 1370. The Hall–Kier alpha value is -2.99. The molecule has 2 aliphatic heterocycles. The van der Waals surface area contributed by atoms with Gasteiger partial charge in [-0.2, -0.15) is 18.2 Å². The van der Waals surface area contributed by atoms with Crippen LogP contribution in [0.3, 0.4) is 0 Å². The number of hydrogen-bond acceptors (Lipinski definition) is 8. The predicted octanol–water partition coefficient (Wildman–Crippen LogP) is 5.00. The number of nitrogens with zero attached hydrogens (tertiary/aromatic N) is 2. The number of ether oxygens (including phenoxy) is 2. The van der Waals surface area contributed by atoms with Crippen LogP contribution >= 0.6 is 23.4 Å². The van der Waals surface area contributed by atoms with Gasteiger partial charge in [-0.05, 0) is 37.0 Å². The molecular weight excluding hydrogens is 580 g/mol. The summed E-state index contributed by atoms with van der Waals surface area (Å²) < 4.78 is 67.9. The molecule has 1 amide bonds. The smallest absolute Gasteiger partial charge is 0.415 e. The van der Waals surface area contributed by atoms with E-state index in [2.05, 4.69) is 27.5 Å². The number of carbonyl (C=O) groups excluding carboxylic acids is 1. The van der Waals surface area contributed by atoms with E-state index < -0.39 is 41.0 Å². The molecule has 4 rings (SSSR count). The van der Waals surface area contributed by atoms with Gasteiger partial charge in [0.2, 0.25) is 0 Å². The minimum atomic E-state index is -5.00. The number of cyclic esters (lactones) is 1. The second kappa shape index (κ2) is 12.7. The summed E-state index contributed by atoms with van der Waals surface area (Å²) in [6, 6.07) is 3.68. The molecule has 15 heteroatoms. The van der Waals surface area contributed by atoms with Crippen molar-refractivity contribution in [2.24, 2.45) is 0 Å². The Morgan fingerprint density at radius 2 is 2.05 bits per heavy atom. The fraction of sp³-hybridized carbons (Fsp3) is 0.480. The van der Waals surface area contributed by atoms with E-state index in [4.69, 9.17) is 26.2 Å². The van der Waals surface area contributed by atoms with E-state index in [1.807, 2.05) is 0 Å². The van der Waals surface area contributed by atoms with Gasteiger partial charge in [-0.25, -0.2) is 14.0 Å². The van der Waals surface area contributed by atoms with E-state index in [1.54, 1.807) is 0 Å². The van der Waals surface area contributed by atoms with Gasteiger partial charge in [0, 0.05) is 29.3 Å². The zero-order valence-corrected chi connectivity index (χ0v) is 22.5. The van der Waals surface area contributed by atoms with E-state index in [-0.39, 0.29) is 35.1 Å². The van der Waals surface area contributed by atoms with Crippen molar-refractivity contribution in [3.05, 3.63) is 51.3 Å². The van der Waals surface area contributed by atoms with Crippen molar-refractivity contribution in [2.75, 3.05) is 29.5 Å². The normalized spacial score (nSPS) is 22.1. The van der Waals surface area contributed by atoms with E-state index >= 15 is 0 Å². The van der Waals surface area contributed by atoms with E-state index in [0.29, 0.717) is 38.0 Å². The van der Waals surface area contributed by atoms with E-state index in [1.165, 1.54) is 23.9 Å². The van der Waals surface area contributed by atoms with E-state index in [0.717, 1.165) is 16.8 Å². The fourth-order valence-electron chi connectivity index (χ4n) is 4.17. The number of anilines is 2. The van der Waals surface area contributed by atoms with Crippen molar-refractivity contribution >= 4 is 41.0 Å². The standard InChI is InChI=1S/C25H25ClF4N4O5S/c26-15-7-8-18-16(11-15)24(25(28,29)30,39-23(37)32-18)9-5-3-1-2-4-6-10-31-21-17(27)12-34(22(36)33-21)19-14-40-20(13-35)38-19/h7-8,11-12,19-20,35H,1-4,6,10,13-14H2,(H,32,37)(H,31,33,36)/t19-,20+,24?/m1/s1. The molecule has 3 atom stereocenters. The number of thioether (sulfide) groups is 1. The number of aliphatic hydroxyl groups excluding tert-OH is 1. The lowest BCUT2D eigenvalue weighted by molar-refractivity contribution is -0.239. The Labute approximate surface area is 235 Å². The number of aromatic nitrogens is 2. The van der Waals surface area contributed by atoms with Crippen LogP contribution in [0.2, 0.25) is 5.02 Å². The number of benzene rings is 1. The SMILES string of the molecule is O=C1Nc2ccc(Cl)cc2C(C#CCCCCCCNc2nc(=O)n([C@H]3CS[C@@H](CO)O3)cc2F)(C(F)(F)F)O1. The van der Waals surface area contributed by atoms with Crippen LogP contribution in [0.25, 0.3) is 0 Å². The number of hydrogen-bond donors (Lipinski definition) is 3. The zero-order chi connectivity index (χ0) is 28.9. The molecule has 0 saturated carbocycles. The Morgan fingerprint density at radius 1 is 1.27 bits per heavy atom. The number of aliphatic hydroxyl groups is 1. The van der Waals surface area contributed by atoms with Gasteiger partial charge in [0.15, 0.2) is 11.6 Å². The van der Waals surface area contributed by atoms with Crippen molar-refractivity contribution in [3.8, 4) is 11.8 Å². The highest BCUT2D eigenvalue weighted by Crippen LogP contribution is 2.47. The van der Waals surface area contributed by atoms with Crippen molar-refractivity contribution in [1.82, 2.24) is 9.55 Å². The molecule has 2 aromatic rings. The van der Waals surface area contributed by atoms with Gasteiger partial charge >= 0.3 is 18.0 Å². The van der Waals surface area contributed by atoms with Crippen LogP contribution in [0, 0.1) is 17.7 Å². The Balaban J connectivity index is 1.26. The van der Waals surface area contributed by atoms with Crippen LogP contribution in [-0.2, 0) is 15.1 Å². The topological polar surface area (TPSA) is 115 Å². The second-order valence-electron chi connectivity index (χ2n) is 8.94. The summed E-state index contributed by atoms with van der Waals surface area (Å²) in [5, 5.41) is 14.2. The van der Waals surface area contributed by atoms with Crippen molar-refractivity contribution in [3.63, 3.8) is 0 Å². The lowest BCUT2D eigenvalue weighted by Crippen LogP contribution is -2.49. The molecule has 0 radical (unpaired) electrons. The van der Waals surface area contributed by atoms with Crippen LogP contribution in [0.1, 0.15) is 43.9 Å². The van der Waals surface area contributed by atoms with Gasteiger partial charge in [-0.15, -0.1) is 11.8 Å². The molecule has 3 N–H and O–H groups in total. The minimum absolute atomic E-state index is 0.0388. The minimum Gasteiger partial charge on any atom is -0.415 e. The van der Waals surface area contributed by atoms with Gasteiger partial charge in [0.05, 0.1) is 18.5 Å². The molecule has 0 spiro atoms. The summed E-state index contributed by atoms with van der Waals surface area (Å²) in [5.74, 6) is 4.08. The van der Waals surface area contributed by atoms with Gasteiger partial charge in [0.25, 0.3) is 5.60 Å². The third-order valence-electron chi connectivity index (χ3n) is 6.13. The number of rotatable bonds is 9. The molecule has 1 unspecified atom stereocenters. The summed E-state index contributed by atoms with van der Waals surface area (Å²) in [6.07, 6.45) is -3.50. The van der Waals surface area contributed by atoms with Crippen molar-refractivity contribution in [1.29, 1.82) is 0 Å². The van der Waals surface area contributed by atoms with Crippen molar-refractivity contribution < 1.29 is 36.9 Å². The quantitative estimate of drug-likeness (QED) is 0.208. The average Bonchev–Trinajstić information content (AvgIpc) is 3.38. The molecule has 0 bridgehead atoms. The summed E-state index contributed by atoms with van der Waals surface area (Å²) >= 11 is 7.20. The number of amides is 1. The maximum Gasteiger partial charge on any atom is 0.445 e. The third kappa shape index (κ3) is 6.65. The molecular formula is C25H25ClF4N4O5S. The highest BCUT2D eigenvalue weighted by atomic mass is 35.5. The summed E-state index contributed by atoms with van der Waals surface area (Å²) in [7, 11) is 0. The molecule has 9 nitrogen and oxygen atoms in total. The number of carbonyl (C=O) groups is 1. The van der Waals surface area contributed by atoms with Crippen molar-refractivity contribution in [2.45, 2.75) is 55.5 Å². The summed E-state index contributed by atoms with van der Waals surface area (Å²) in [5.41, 5.74) is -4.76. The monoisotopic (exact) mass is 604 g/mol. The van der Waals surface area contributed by atoms with Gasteiger partial charge in [0.1, 0.15) is 11.7 Å². The number of unbranched alkanes of at least 4 members (excludes halogenated alkanes) is 4. The number of fused-ring (bicyclic) bond motifs is 1. The highest BCUT2D eigenvalue weighted by Gasteiger charge is 2.62. The molecule has 1 fully saturated rings. The molecule has 0 aliphatic carbocycles. The molecule has 2 aliphatic rings. The average molecular weight is 605 g/mol. The molecule has 216 valence electrons. The molecule has 1 aromatic carbocycles. The predicted molar refractivity (Wildman–Crippen MR) is 141 cm³/mol. The zero-order valence-electron chi connectivity index (χ0n) is 20.9. The first-order valence-electron chi connectivity index (χ1n) is 12.3. The van der Waals surface area contributed by atoms with Gasteiger partial charge in [-0.1, -0.05) is 30.4 Å². The summed E-state index contributed by atoms with van der Waals surface area (Å²) in [4.78, 5) is 27.9. The largest absolute Gasteiger partial charge is 0.445 e. The third-order valence-corrected chi connectivity index (χ3v) is 7.47. The fourth-order valence-corrected chi connectivity index (χ4v) is 5.27. The maximum absolute atomic E-state index is 14.5. The molecule has 40 heavy (non-hydrogen) atoms. The molecule has 1 aromatic heterocycles. The van der Waals surface area contributed by atoms with Crippen LogP contribution < -0.4 is 16.3 Å². The first-order chi connectivity index (χ1) is 19.0. The van der Waals surface area contributed by atoms with Crippen LogP contribution in [-0.4, -0.2) is 51.3 Å². The Morgan fingerprint density at radius 3 is 2.77 bits per heavy atom. The van der Waals surface area contributed by atoms with E-state index in [9.17, 15) is 27.2 Å². The molecule has 3 heterocycles. The van der Waals surface area contributed by atoms with Crippen LogP contribution in [0.5, 0.6) is 0 Å². The number of alkyl halides is 3. The van der Waals surface area contributed by atoms with Crippen LogP contribution in [0.4, 0.5) is 33.9 Å². The number of nitrogens with one attached hydrogen (secondary N) is 2. The second-order valence-corrected chi connectivity index (χ2v) is 10.6. The first-order valence-corrected chi connectivity index (χ1v) is 13.7. The summed E-state index contributed by atoms with van der Waals surface area (Å²) in [6.45, 7) is 0.0997. The highest BCUT2D eigenvalue weighted by molar-refractivity contribution is 8.00. The molecule has 1 saturated heterocycles. The Kier molecular flexibility index (Phi) is 9.50. The van der Waals surface area contributed by atoms with Crippen LogP contribution in [0.15, 0.2) is 29.2 Å². The van der Waals surface area contributed by atoms with Gasteiger partial charge < -0.3 is 19.9 Å². The number of halogens is 5. The van der Waals surface area contributed by atoms with Gasteiger partial charge in [-0.3, -0.25) is 9.88 Å².